The van der Waals surface area contributed by atoms with Crippen molar-refractivity contribution in [1.82, 2.24) is 9.78 Å². The summed E-state index contributed by atoms with van der Waals surface area (Å²) in [6.07, 6.45) is 1.72. The van der Waals surface area contributed by atoms with E-state index in [0.717, 1.165) is 17.4 Å². The number of carbonyl (C=O) groups excluding carboxylic acids is 1. The topological polar surface area (TPSA) is 58.0 Å². The second-order valence-corrected chi connectivity index (χ2v) is 3.02. The average Bonchev–Trinajstić information content (AvgIpc) is 2.59. The van der Waals surface area contributed by atoms with Gasteiger partial charge in [0.15, 0.2) is 0 Å². The molecule has 0 spiro atoms. The molecule has 4 nitrogen and oxygen atoms in total. The molecule has 0 amide bonds. The molecule has 0 aliphatic heterocycles. The molecule has 1 aromatic heterocycles. The number of carboxylic acid groups (broad SMARTS) is 1. The summed E-state index contributed by atoms with van der Waals surface area (Å²) in [5, 5.41) is 15.7. The van der Waals surface area contributed by atoms with Gasteiger partial charge in [0.05, 0.1) is 17.7 Å². The number of hydrogen-bond acceptors (Lipinski definition) is 3. The summed E-state index contributed by atoms with van der Waals surface area (Å²) < 4.78 is 1.75. The van der Waals surface area contributed by atoms with E-state index in [4.69, 9.17) is 0 Å². The van der Waals surface area contributed by atoms with Gasteiger partial charge in [-0.2, -0.15) is 5.10 Å². The number of hydrogen-bond donors (Lipinski definition) is 0. The number of aryl methyl sites for hydroxylation is 1. The third-order valence-corrected chi connectivity index (χ3v) is 2.18. The summed E-state index contributed by atoms with van der Waals surface area (Å²) in [5.41, 5.74) is 1.02. The van der Waals surface area contributed by atoms with Crippen LogP contribution >= 0.6 is 0 Å². The molecule has 0 fully saturated rings. The standard InChI is InChI=1S/C10H10N2O2/c1-2-12-9-5-7(10(13)14)3-4-8(9)6-11-12/h3-6H,2H2,1H3,(H,13,14)/p-1. The molecule has 0 radical (unpaired) electrons. The Morgan fingerprint density at radius 2 is 2.36 bits per heavy atom. The molecule has 0 saturated heterocycles. The second-order valence-electron chi connectivity index (χ2n) is 3.02. The number of rotatable bonds is 2. The van der Waals surface area contributed by atoms with E-state index in [0.29, 0.717) is 0 Å². The van der Waals surface area contributed by atoms with Gasteiger partial charge in [-0.25, -0.2) is 0 Å². The van der Waals surface area contributed by atoms with E-state index in [1.807, 2.05) is 6.92 Å². The fraction of sp³-hybridized carbons (Fsp3) is 0.200. The summed E-state index contributed by atoms with van der Waals surface area (Å²) in [6.45, 7) is 2.68. The highest BCUT2D eigenvalue weighted by molar-refractivity contribution is 5.91. The Balaban J connectivity index is 2.67. The van der Waals surface area contributed by atoms with Crippen LogP contribution in [-0.2, 0) is 6.54 Å². The lowest BCUT2D eigenvalue weighted by atomic mass is 10.2. The Morgan fingerprint density at radius 3 is 3.00 bits per heavy atom. The van der Waals surface area contributed by atoms with Crippen molar-refractivity contribution in [3.63, 3.8) is 0 Å². The van der Waals surface area contributed by atoms with Gasteiger partial charge in [-0.15, -0.1) is 0 Å². The zero-order valence-corrected chi connectivity index (χ0v) is 7.73. The number of aromatic nitrogens is 2. The summed E-state index contributed by atoms with van der Waals surface area (Å²) in [4.78, 5) is 10.6. The van der Waals surface area contributed by atoms with Crippen molar-refractivity contribution in [3.05, 3.63) is 30.0 Å². The van der Waals surface area contributed by atoms with Crippen LogP contribution in [0, 0.1) is 0 Å². The van der Waals surface area contributed by atoms with Gasteiger partial charge in [-0.1, -0.05) is 12.1 Å². The molecule has 0 aliphatic rings. The predicted octanol–water partition coefficient (Wildman–Crippen LogP) is 0.420. The van der Waals surface area contributed by atoms with Gasteiger partial charge < -0.3 is 9.90 Å². The van der Waals surface area contributed by atoms with Crippen LogP contribution in [0.15, 0.2) is 24.4 Å². The Hall–Kier alpha value is -1.84. The second kappa shape index (κ2) is 3.14. The lowest BCUT2D eigenvalue weighted by molar-refractivity contribution is -0.255. The zero-order chi connectivity index (χ0) is 10.1. The lowest BCUT2D eigenvalue weighted by Gasteiger charge is -2.03. The van der Waals surface area contributed by atoms with Crippen LogP contribution in [0.4, 0.5) is 0 Å². The normalized spacial score (nSPS) is 10.6. The minimum Gasteiger partial charge on any atom is -0.545 e. The van der Waals surface area contributed by atoms with Gasteiger partial charge in [0.25, 0.3) is 0 Å². The lowest BCUT2D eigenvalue weighted by Crippen LogP contribution is -2.22. The first kappa shape index (κ1) is 8.74. The maximum absolute atomic E-state index is 10.6. The van der Waals surface area contributed by atoms with Gasteiger partial charge in [-0.3, -0.25) is 4.68 Å². The van der Waals surface area contributed by atoms with E-state index in [-0.39, 0.29) is 5.56 Å². The quantitative estimate of drug-likeness (QED) is 0.687. The number of carbonyl (C=O) groups is 1. The maximum atomic E-state index is 10.6. The first-order valence-electron chi connectivity index (χ1n) is 4.39. The van der Waals surface area contributed by atoms with Crippen LogP contribution < -0.4 is 5.11 Å². The Labute approximate surface area is 80.8 Å². The molecular weight excluding hydrogens is 180 g/mol. The van der Waals surface area contributed by atoms with Crippen LogP contribution in [0.3, 0.4) is 0 Å². The molecule has 0 N–H and O–H groups in total. The summed E-state index contributed by atoms with van der Waals surface area (Å²) in [7, 11) is 0. The van der Waals surface area contributed by atoms with Gasteiger partial charge in [0.1, 0.15) is 0 Å². The van der Waals surface area contributed by atoms with E-state index < -0.39 is 5.97 Å². The van der Waals surface area contributed by atoms with Crippen molar-refractivity contribution in [1.29, 1.82) is 0 Å². The van der Waals surface area contributed by atoms with Crippen molar-refractivity contribution >= 4 is 16.9 Å². The Kier molecular flexibility index (Phi) is 1.96. The molecule has 0 atom stereocenters. The fourth-order valence-electron chi connectivity index (χ4n) is 1.45. The smallest absolute Gasteiger partial charge is 0.0716 e. The van der Waals surface area contributed by atoms with Gasteiger partial charge in [0, 0.05) is 11.9 Å². The molecule has 2 rings (SSSR count). The van der Waals surface area contributed by atoms with Crippen molar-refractivity contribution in [2.75, 3.05) is 0 Å². The van der Waals surface area contributed by atoms with Crippen molar-refractivity contribution in [2.24, 2.45) is 0 Å². The van der Waals surface area contributed by atoms with E-state index >= 15 is 0 Å². The minimum atomic E-state index is -1.16. The molecule has 0 bridgehead atoms. The number of aromatic carboxylic acids is 1. The molecule has 4 heteroatoms. The number of carboxylic acids is 1. The molecule has 0 saturated carbocycles. The van der Waals surface area contributed by atoms with Crippen LogP contribution in [-0.4, -0.2) is 15.7 Å². The number of fused-ring (bicyclic) bond motifs is 1. The molecule has 2 aromatic rings. The largest absolute Gasteiger partial charge is 0.545 e. The molecule has 14 heavy (non-hydrogen) atoms. The zero-order valence-electron chi connectivity index (χ0n) is 7.73. The summed E-state index contributed by atoms with van der Waals surface area (Å²) >= 11 is 0. The average molecular weight is 189 g/mol. The van der Waals surface area contributed by atoms with E-state index in [9.17, 15) is 9.90 Å². The molecule has 0 aliphatic carbocycles. The SMILES string of the molecule is CCn1ncc2ccc(C(=O)[O-])cc21. The van der Waals surface area contributed by atoms with Crippen LogP contribution in [0.1, 0.15) is 17.3 Å². The molecule has 1 aromatic carbocycles. The molecular formula is C10H9N2O2-. The van der Waals surface area contributed by atoms with Gasteiger partial charge in [0.2, 0.25) is 0 Å². The first-order valence-corrected chi connectivity index (χ1v) is 4.39. The van der Waals surface area contributed by atoms with Crippen molar-refractivity contribution < 1.29 is 9.90 Å². The molecule has 72 valence electrons. The number of nitrogens with zero attached hydrogens (tertiary/aromatic N) is 2. The monoisotopic (exact) mass is 189 g/mol. The molecule has 0 unspecified atom stereocenters. The van der Waals surface area contributed by atoms with Crippen molar-refractivity contribution in [3.8, 4) is 0 Å². The van der Waals surface area contributed by atoms with Crippen LogP contribution in [0.5, 0.6) is 0 Å². The Morgan fingerprint density at radius 1 is 1.57 bits per heavy atom. The van der Waals surface area contributed by atoms with E-state index in [2.05, 4.69) is 5.10 Å². The minimum absolute atomic E-state index is 0.188. The highest BCUT2D eigenvalue weighted by Gasteiger charge is 2.02. The van der Waals surface area contributed by atoms with E-state index in [1.54, 1.807) is 23.0 Å². The van der Waals surface area contributed by atoms with Crippen LogP contribution in [0.2, 0.25) is 0 Å². The maximum Gasteiger partial charge on any atom is 0.0716 e. The third kappa shape index (κ3) is 1.25. The fourth-order valence-corrected chi connectivity index (χ4v) is 1.45. The summed E-state index contributed by atoms with van der Waals surface area (Å²) in [5.74, 6) is -1.16. The van der Waals surface area contributed by atoms with E-state index in [1.165, 1.54) is 6.07 Å². The predicted molar refractivity (Wildman–Crippen MR) is 49.7 cm³/mol. The third-order valence-electron chi connectivity index (χ3n) is 2.18. The Bertz CT molecular complexity index is 488. The van der Waals surface area contributed by atoms with Gasteiger partial charge >= 0.3 is 0 Å². The molecule has 1 heterocycles. The van der Waals surface area contributed by atoms with Crippen molar-refractivity contribution in [2.45, 2.75) is 13.5 Å². The van der Waals surface area contributed by atoms with Crippen LogP contribution in [0.25, 0.3) is 10.9 Å². The summed E-state index contributed by atoms with van der Waals surface area (Å²) in [6, 6.07) is 4.85. The van der Waals surface area contributed by atoms with Gasteiger partial charge in [-0.05, 0) is 18.6 Å². The first-order chi connectivity index (χ1) is 6.72. The highest BCUT2D eigenvalue weighted by atomic mass is 16.4. The highest BCUT2D eigenvalue weighted by Crippen LogP contribution is 2.15. The number of benzene rings is 1.